The number of anilines is 2. The van der Waals surface area contributed by atoms with Crippen LogP contribution >= 0.6 is 0 Å². The van der Waals surface area contributed by atoms with Gasteiger partial charge in [-0.15, -0.1) is 0 Å². The molecular weight excluding hydrogens is 414 g/mol. The van der Waals surface area contributed by atoms with Gasteiger partial charge in [0.1, 0.15) is 18.0 Å². The number of carbonyl (C=O) groups is 1. The lowest BCUT2D eigenvalue weighted by Gasteiger charge is -2.31. The van der Waals surface area contributed by atoms with Crippen molar-refractivity contribution < 1.29 is 23.4 Å². The van der Waals surface area contributed by atoms with Crippen LogP contribution in [0.25, 0.3) is 11.1 Å². The summed E-state index contributed by atoms with van der Waals surface area (Å²) < 4.78 is 23.7. The Balaban J connectivity index is 1.62. The minimum atomic E-state index is -0.580. The molecular formula is C23H27N3O6. The van der Waals surface area contributed by atoms with Crippen molar-refractivity contribution in [3.63, 3.8) is 0 Å². The van der Waals surface area contributed by atoms with Gasteiger partial charge in [-0.3, -0.25) is 9.36 Å². The average Bonchev–Trinajstić information content (AvgIpc) is 3.11. The van der Waals surface area contributed by atoms with Gasteiger partial charge in [-0.25, -0.2) is 4.79 Å². The van der Waals surface area contributed by atoms with Crippen LogP contribution in [0.15, 0.2) is 45.6 Å². The number of benzene rings is 2. The quantitative estimate of drug-likeness (QED) is 0.574. The molecule has 0 spiro atoms. The monoisotopic (exact) mass is 441 g/mol. The SMILES string of the molecule is CCOc1cc(N2CCOCC2)c(OCC)cc1NC(=O)Cn1c(=O)oc2ccccc21. The molecule has 1 fully saturated rings. The first kappa shape index (κ1) is 21.8. The van der Waals surface area contributed by atoms with Gasteiger partial charge in [0.2, 0.25) is 5.91 Å². The van der Waals surface area contributed by atoms with E-state index in [1.54, 1.807) is 30.3 Å². The van der Waals surface area contributed by atoms with Gasteiger partial charge < -0.3 is 28.8 Å². The molecule has 1 aliphatic rings. The Morgan fingerprint density at radius 2 is 1.78 bits per heavy atom. The fourth-order valence-electron chi connectivity index (χ4n) is 3.74. The molecule has 9 nitrogen and oxygen atoms in total. The first-order valence-corrected chi connectivity index (χ1v) is 10.7. The normalized spacial score (nSPS) is 13.9. The molecule has 0 atom stereocenters. The largest absolute Gasteiger partial charge is 0.492 e. The minimum Gasteiger partial charge on any atom is -0.492 e. The van der Waals surface area contributed by atoms with Crippen LogP contribution in [0.2, 0.25) is 0 Å². The summed E-state index contributed by atoms with van der Waals surface area (Å²) in [5.74, 6) is 0.236. The third-order valence-corrected chi connectivity index (χ3v) is 5.16. The van der Waals surface area contributed by atoms with Crippen LogP contribution in [0.1, 0.15) is 13.8 Å². The number of ether oxygens (including phenoxy) is 3. The van der Waals surface area contributed by atoms with Crippen molar-refractivity contribution in [1.82, 2.24) is 4.57 Å². The van der Waals surface area contributed by atoms with Gasteiger partial charge in [-0.1, -0.05) is 12.1 Å². The summed E-state index contributed by atoms with van der Waals surface area (Å²) in [5, 5.41) is 2.87. The summed E-state index contributed by atoms with van der Waals surface area (Å²) in [5.41, 5.74) is 2.39. The van der Waals surface area contributed by atoms with Gasteiger partial charge in [0.05, 0.1) is 43.3 Å². The van der Waals surface area contributed by atoms with Gasteiger partial charge in [-0.2, -0.15) is 0 Å². The highest BCUT2D eigenvalue weighted by Gasteiger charge is 2.21. The van der Waals surface area contributed by atoms with E-state index >= 15 is 0 Å². The molecule has 1 aliphatic heterocycles. The topological polar surface area (TPSA) is 95.2 Å². The standard InChI is InChI=1S/C23H27N3O6/c1-3-30-20-14-18(25-9-11-29-12-10-25)21(31-4-2)13-16(20)24-22(27)15-26-17-7-5-6-8-19(17)32-23(26)28/h5-8,13-14H,3-4,9-12,15H2,1-2H3,(H,24,27). The summed E-state index contributed by atoms with van der Waals surface area (Å²) in [7, 11) is 0. The predicted octanol–water partition coefficient (Wildman–Crippen LogP) is 2.87. The number of nitrogens with zero attached hydrogens (tertiary/aromatic N) is 2. The Morgan fingerprint density at radius 3 is 2.53 bits per heavy atom. The zero-order valence-corrected chi connectivity index (χ0v) is 18.3. The number of morpholine rings is 1. The second kappa shape index (κ2) is 9.78. The zero-order valence-electron chi connectivity index (χ0n) is 18.3. The van der Waals surface area contributed by atoms with Gasteiger partial charge in [0, 0.05) is 25.2 Å². The molecule has 9 heteroatoms. The highest BCUT2D eigenvalue weighted by molar-refractivity contribution is 5.94. The van der Waals surface area contributed by atoms with Crippen LogP contribution in [0.3, 0.4) is 0 Å². The minimum absolute atomic E-state index is 0.184. The first-order valence-electron chi connectivity index (χ1n) is 10.7. The van der Waals surface area contributed by atoms with Crippen LogP contribution < -0.4 is 25.4 Å². The molecule has 0 radical (unpaired) electrons. The molecule has 32 heavy (non-hydrogen) atoms. The van der Waals surface area contributed by atoms with Gasteiger partial charge in [-0.05, 0) is 26.0 Å². The smallest absolute Gasteiger partial charge is 0.420 e. The van der Waals surface area contributed by atoms with Gasteiger partial charge >= 0.3 is 5.76 Å². The second-order valence-corrected chi connectivity index (χ2v) is 7.25. The fraction of sp³-hybridized carbons (Fsp3) is 0.391. The lowest BCUT2D eigenvalue weighted by Crippen LogP contribution is -2.36. The van der Waals surface area contributed by atoms with Gasteiger partial charge in [0.15, 0.2) is 5.58 Å². The molecule has 3 aromatic rings. The summed E-state index contributed by atoms with van der Waals surface area (Å²) in [6.07, 6.45) is 0. The Hall–Kier alpha value is -3.46. The molecule has 0 bridgehead atoms. The third-order valence-electron chi connectivity index (χ3n) is 5.16. The third kappa shape index (κ3) is 4.57. The number of hydrogen-bond acceptors (Lipinski definition) is 7. The molecule has 2 aromatic carbocycles. The number of carbonyl (C=O) groups excluding carboxylic acids is 1. The van der Waals surface area contributed by atoms with E-state index in [9.17, 15) is 9.59 Å². The maximum Gasteiger partial charge on any atom is 0.420 e. The average molecular weight is 441 g/mol. The van der Waals surface area contributed by atoms with Crippen LogP contribution in [-0.4, -0.2) is 50.0 Å². The molecule has 1 N–H and O–H groups in total. The van der Waals surface area contributed by atoms with E-state index in [-0.39, 0.29) is 12.5 Å². The van der Waals surface area contributed by atoms with Crippen molar-refractivity contribution in [2.24, 2.45) is 0 Å². The lowest BCUT2D eigenvalue weighted by molar-refractivity contribution is -0.116. The number of amides is 1. The van der Waals surface area contributed by atoms with E-state index in [1.165, 1.54) is 4.57 Å². The number of rotatable bonds is 8. The first-order chi connectivity index (χ1) is 15.6. The van der Waals surface area contributed by atoms with Crippen molar-refractivity contribution >= 4 is 28.4 Å². The van der Waals surface area contributed by atoms with Crippen LogP contribution in [-0.2, 0) is 16.1 Å². The maximum atomic E-state index is 12.9. The lowest BCUT2D eigenvalue weighted by atomic mass is 10.2. The van der Waals surface area contributed by atoms with Gasteiger partial charge in [0.25, 0.3) is 0 Å². The number of oxazole rings is 1. The van der Waals surface area contributed by atoms with Crippen molar-refractivity contribution in [3.05, 3.63) is 46.9 Å². The van der Waals surface area contributed by atoms with E-state index in [2.05, 4.69) is 10.2 Å². The molecule has 2 heterocycles. The van der Waals surface area contributed by atoms with Crippen molar-refractivity contribution in [2.45, 2.75) is 20.4 Å². The number of fused-ring (bicyclic) bond motifs is 1. The molecule has 1 saturated heterocycles. The summed E-state index contributed by atoms with van der Waals surface area (Å²) >= 11 is 0. The van der Waals surface area contributed by atoms with Crippen LogP contribution in [0.5, 0.6) is 11.5 Å². The Labute approximate surface area is 185 Å². The van der Waals surface area contributed by atoms with E-state index in [0.29, 0.717) is 54.7 Å². The highest BCUT2D eigenvalue weighted by Crippen LogP contribution is 2.39. The van der Waals surface area contributed by atoms with Crippen molar-refractivity contribution in [2.75, 3.05) is 49.7 Å². The highest BCUT2D eigenvalue weighted by atomic mass is 16.5. The number of hydrogen-bond donors (Lipinski definition) is 1. The zero-order chi connectivity index (χ0) is 22.5. The summed E-state index contributed by atoms with van der Waals surface area (Å²) in [6, 6.07) is 10.6. The van der Waals surface area contributed by atoms with E-state index in [1.807, 2.05) is 19.9 Å². The molecule has 0 saturated carbocycles. The molecule has 0 unspecified atom stereocenters. The van der Waals surface area contributed by atoms with Crippen LogP contribution in [0, 0.1) is 0 Å². The fourth-order valence-corrected chi connectivity index (χ4v) is 3.74. The van der Waals surface area contributed by atoms with Crippen molar-refractivity contribution in [3.8, 4) is 11.5 Å². The Bertz CT molecular complexity index is 1150. The second-order valence-electron chi connectivity index (χ2n) is 7.25. The molecule has 0 aliphatic carbocycles. The predicted molar refractivity (Wildman–Crippen MR) is 121 cm³/mol. The Morgan fingerprint density at radius 1 is 1.06 bits per heavy atom. The molecule has 170 valence electrons. The summed E-state index contributed by atoms with van der Waals surface area (Å²) in [4.78, 5) is 27.2. The van der Waals surface area contributed by atoms with E-state index < -0.39 is 5.76 Å². The Kier molecular flexibility index (Phi) is 6.65. The number of aromatic nitrogens is 1. The van der Waals surface area contributed by atoms with Crippen molar-refractivity contribution in [1.29, 1.82) is 0 Å². The maximum absolute atomic E-state index is 12.9. The number of nitrogens with one attached hydrogen (secondary N) is 1. The van der Waals surface area contributed by atoms with E-state index in [4.69, 9.17) is 18.6 Å². The number of para-hydroxylation sites is 2. The summed E-state index contributed by atoms with van der Waals surface area (Å²) in [6.45, 7) is 7.29. The molecule has 1 amide bonds. The molecule has 1 aromatic heterocycles. The van der Waals surface area contributed by atoms with E-state index in [0.717, 1.165) is 18.8 Å². The van der Waals surface area contributed by atoms with Crippen LogP contribution in [0.4, 0.5) is 11.4 Å². The molecule has 4 rings (SSSR count).